The van der Waals surface area contributed by atoms with E-state index in [-0.39, 0.29) is 5.91 Å². The highest BCUT2D eigenvalue weighted by Crippen LogP contribution is 2.25. The lowest BCUT2D eigenvalue weighted by Gasteiger charge is -2.27. The van der Waals surface area contributed by atoms with E-state index in [0.717, 1.165) is 21.7 Å². The number of rotatable bonds is 2. The van der Waals surface area contributed by atoms with Crippen molar-refractivity contribution < 1.29 is 9.32 Å². The van der Waals surface area contributed by atoms with Gasteiger partial charge in [-0.2, -0.15) is 0 Å². The summed E-state index contributed by atoms with van der Waals surface area (Å²) in [4.78, 5) is 18.7. The van der Waals surface area contributed by atoms with Gasteiger partial charge >= 0.3 is 0 Å². The van der Waals surface area contributed by atoms with E-state index in [4.69, 9.17) is 4.52 Å². The van der Waals surface area contributed by atoms with Crippen LogP contribution in [0.4, 0.5) is 0 Å². The maximum atomic E-state index is 12.8. The first kappa shape index (κ1) is 15.9. The molecule has 0 aliphatic carbocycles. The highest BCUT2D eigenvalue weighted by atomic mass is 79.9. The minimum absolute atomic E-state index is 0.0869. The Kier molecular flexibility index (Phi) is 3.87. The van der Waals surface area contributed by atoms with Gasteiger partial charge in [0.25, 0.3) is 5.91 Å². The Hall–Kier alpha value is -2.55. The van der Waals surface area contributed by atoms with Gasteiger partial charge in [0.1, 0.15) is 11.3 Å². The van der Waals surface area contributed by atoms with Gasteiger partial charge in [-0.15, -0.1) is 10.2 Å². The maximum absolute atomic E-state index is 12.8. The van der Waals surface area contributed by atoms with E-state index < -0.39 is 0 Å². The van der Waals surface area contributed by atoms with Gasteiger partial charge in [-0.1, -0.05) is 5.16 Å². The van der Waals surface area contributed by atoms with E-state index in [9.17, 15) is 4.79 Å². The first-order valence-electron chi connectivity index (χ1n) is 7.79. The molecule has 0 radical (unpaired) electrons. The Balaban J connectivity index is 1.62. The first-order valence-corrected chi connectivity index (χ1v) is 8.59. The molecular formula is C16H15BrN6O2. The fraction of sp³-hybridized carbons (Fsp3) is 0.312. The summed E-state index contributed by atoms with van der Waals surface area (Å²) in [7, 11) is 0. The number of fused-ring (bicyclic) bond motifs is 1. The van der Waals surface area contributed by atoms with Gasteiger partial charge in [0.2, 0.25) is 0 Å². The van der Waals surface area contributed by atoms with Crippen molar-refractivity contribution in [3.05, 3.63) is 45.8 Å². The number of carbonyl (C=O) groups excluding carboxylic acids is 1. The third-order valence-corrected chi connectivity index (χ3v) is 4.68. The van der Waals surface area contributed by atoms with Crippen LogP contribution in [0.25, 0.3) is 11.4 Å². The highest BCUT2D eigenvalue weighted by Gasteiger charge is 2.29. The van der Waals surface area contributed by atoms with E-state index in [1.807, 2.05) is 10.6 Å². The summed E-state index contributed by atoms with van der Waals surface area (Å²) in [5.41, 5.74) is 2.03. The van der Waals surface area contributed by atoms with E-state index >= 15 is 0 Å². The molecule has 0 saturated heterocycles. The molecule has 0 spiro atoms. The molecule has 1 aliphatic rings. The molecule has 0 saturated carbocycles. The van der Waals surface area contributed by atoms with E-state index in [1.165, 1.54) is 0 Å². The van der Waals surface area contributed by atoms with Gasteiger partial charge in [0.05, 0.1) is 12.2 Å². The average molecular weight is 403 g/mol. The summed E-state index contributed by atoms with van der Waals surface area (Å²) in [5.74, 6) is 1.96. The number of pyridine rings is 1. The average Bonchev–Trinajstić information content (AvgIpc) is 3.17. The second-order valence-electron chi connectivity index (χ2n) is 5.91. The fourth-order valence-electron chi connectivity index (χ4n) is 3.03. The van der Waals surface area contributed by atoms with Gasteiger partial charge in [0, 0.05) is 35.5 Å². The number of aromatic nitrogens is 5. The van der Waals surface area contributed by atoms with Gasteiger partial charge in [-0.05, 0) is 35.8 Å². The largest absolute Gasteiger partial charge is 0.361 e. The van der Waals surface area contributed by atoms with Crippen LogP contribution in [0.1, 0.15) is 27.6 Å². The summed E-state index contributed by atoms with van der Waals surface area (Å²) in [5, 5.41) is 12.4. The van der Waals surface area contributed by atoms with Crippen LogP contribution in [0.2, 0.25) is 0 Å². The zero-order valence-corrected chi connectivity index (χ0v) is 15.3. The quantitative estimate of drug-likeness (QED) is 0.653. The van der Waals surface area contributed by atoms with E-state index in [2.05, 4.69) is 36.3 Å². The third kappa shape index (κ3) is 2.74. The van der Waals surface area contributed by atoms with Crippen LogP contribution >= 0.6 is 15.9 Å². The molecule has 0 N–H and O–H groups in total. The van der Waals surface area contributed by atoms with Gasteiger partial charge in [0.15, 0.2) is 11.6 Å². The highest BCUT2D eigenvalue weighted by molar-refractivity contribution is 9.10. The van der Waals surface area contributed by atoms with Crippen molar-refractivity contribution in [1.82, 2.24) is 29.8 Å². The molecule has 8 nitrogen and oxygen atoms in total. The molecule has 4 rings (SSSR count). The van der Waals surface area contributed by atoms with Crippen molar-refractivity contribution in [2.45, 2.75) is 26.9 Å². The van der Waals surface area contributed by atoms with Crippen molar-refractivity contribution >= 4 is 21.8 Å². The molecule has 1 amide bonds. The minimum atomic E-state index is -0.0869. The second-order valence-corrected chi connectivity index (χ2v) is 6.82. The van der Waals surface area contributed by atoms with Gasteiger partial charge < -0.3 is 14.0 Å². The Morgan fingerprint density at radius 2 is 2.08 bits per heavy atom. The van der Waals surface area contributed by atoms with Crippen LogP contribution in [-0.4, -0.2) is 42.3 Å². The van der Waals surface area contributed by atoms with Crippen molar-refractivity contribution in [3.63, 3.8) is 0 Å². The molecule has 0 atom stereocenters. The van der Waals surface area contributed by atoms with Crippen LogP contribution in [0.5, 0.6) is 0 Å². The Morgan fingerprint density at radius 3 is 2.80 bits per heavy atom. The molecule has 4 heterocycles. The molecule has 0 fully saturated rings. The van der Waals surface area contributed by atoms with Crippen molar-refractivity contribution in [3.8, 4) is 11.4 Å². The summed E-state index contributed by atoms with van der Waals surface area (Å²) in [6, 6.07) is 1.95. The molecule has 3 aromatic heterocycles. The molecule has 0 aromatic carbocycles. The van der Waals surface area contributed by atoms with Crippen molar-refractivity contribution in [2.75, 3.05) is 6.54 Å². The number of hydrogen-bond donors (Lipinski definition) is 0. The number of aryl methyl sites for hydroxylation is 2. The summed E-state index contributed by atoms with van der Waals surface area (Å²) in [6.45, 7) is 5.12. The Bertz CT molecular complexity index is 944. The number of nitrogens with zero attached hydrogens (tertiary/aromatic N) is 6. The van der Waals surface area contributed by atoms with Crippen molar-refractivity contribution in [1.29, 1.82) is 0 Å². The standard InChI is InChI=1S/C16H15BrN6O2/c1-9-14(10(2)25-21-9)16(24)22-3-4-23-13(8-22)19-20-15(23)11-5-12(17)7-18-6-11/h5-7H,3-4,8H2,1-2H3. The molecule has 0 unspecified atom stereocenters. The van der Waals surface area contributed by atoms with Gasteiger partial charge in [-0.3, -0.25) is 9.78 Å². The Morgan fingerprint density at radius 1 is 1.24 bits per heavy atom. The molecule has 128 valence electrons. The molecule has 1 aliphatic heterocycles. The van der Waals surface area contributed by atoms with Crippen LogP contribution in [-0.2, 0) is 13.1 Å². The zero-order valence-electron chi connectivity index (χ0n) is 13.7. The summed E-state index contributed by atoms with van der Waals surface area (Å²) < 4.78 is 8.02. The predicted molar refractivity (Wildman–Crippen MR) is 91.7 cm³/mol. The second kappa shape index (κ2) is 6.07. The molecule has 9 heteroatoms. The fourth-order valence-corrected chi connectivity index (χ4v) is 3.39. The van der Waals surface area contributed by atoms with Gasteiger partial charge in [-0.25, -0.2) is 0 Å². The van der Waals surface area contributed by atoms with Crippen LogP contribution in [0.3, 0.4) is 0 Å². The zero-order chi connectivity index (χ0) is 17.6. The normalized spacial score (nSPS) is 13.8. The first-order chi connectivity index (χ1) is 12.0. The minimum Gasteiger partial charge on any atom is -0.361 e. The van der Waals surface area contributed by atoms with Crippen LogP contribution < -0.4 is 0 Å². The lowest BCUT2D eigenvalue weighted by molar-refractivity contribution is 0.0705. The smallest absolute Gasteiger partial charge is 0.259 e. The topological polar surface area (TPSA) is 89.9 Å². The van der Waals surface area contributed by atoms with E-state index in [1.54, 1.807) is 31.1 Å². The van der Waals surface area contributed by atoms with Crippen LogP contribution in [0.15, 0.2) is 27.5 Å². The Labute approximate surface area is 152 Å². The number of carbonyl (C=O) groups is 1. The molecule has 0 bridgehead atoms. The molecular weight excluding hydrogens is 388 g/mol. The molecule has 3 aromatic rings. The predicted octanol–water partition coefficient (Wildman–Crippen LogP) is 2.36. The summed E-state index contributed by atoms with van der Waals surface area (Å²) in [6.07, 6.45) is 3.48. The third-order valence-electron chi connectivity index (χ3n) is 4.25. The molecule has 25 heavy (non-hydrogen) atoms. The number of hydrogen-bond acceptors (Lipinski definition) is 6. The SMILES string of the molecule is Cc1noc(C)c1C(=O)N1CCn2c(nnc2-c2cncc(Br)c2)C1. The summed E-state index contributed by atoms with van der Waals surface area (Å²) >= 11 is 3.42. The van der Waals surface area contributed by atoms with Crippen molar-refractivity contribution in [2.24, 2.45) is 0 Å². The lowest BCUT2D eigenvalue weighted by Crippen LogP contribution is -2.39. The number of amides is 1. The monoisotopic (exact) mass is 402 g/mol. The lowest BCUT2D eigenvalue weighted by atomic mass is 10.1. The van der Waals surface area contributed by atoms with E-state index in [0.29, 0.717) is 36.7 Å². The number of halogens is 1. The van der Waals surface area contributed by atoms with Crippen LogP contribution in [0, 0.1) is 13.8 Å². The maximum Gasteiger partial charge on any atom is 0.259 e.